The highest BCUT2D eigenvalue weighted by atomic mass is 16.5. The van der Waals surface area contributed by atoms with Gasteiger partial charge in [0.1, 0.15) is 23.7 Å². The van der Waals surface area contributed by atoms with Crippen LogP contribution in [-0.2, 0) is 25.5 Å². The highest BCUT2D eigenvalue weighted by Crippen LogP contribution is 2.56. The Hall–Kier alpha value is -6.25. The summed E-state index contributed by atoms with van der Waals surface area (Å²) in [5.74, 6) is 2.14. The number of carbonyl (C=O) groups is 4. The Labute approximate surface area is 367 Å². The van der Waals surface area contributed by atoms with Crippen molar-refractivity contribution in [3.63, 3.8) is 0 Å². The summed E-state index contributed by atoms with van der Waals surface area (Å²) >= 11 is 0. The van der Waals surface area contributed by atoms with Gasteiger partial charge in [0.15, 0.2) is 0 Å². The molecule has 5 aromatic rings. The molecule has 0 radical (unpaired) electrons. The standard InChI is InChI=1S/C48H57N9O6/c1-25(2)41(54-47(60)62-5)45(58)56-19-7-9-38(56)43-50-24-37(53-43)29-13-17-34(49-23-29)32-16-15-30(33-21-27-11-14-31(27)40(32)33)28-12-18-35-36(22-28)52-44(51-35)39-10-8-20-57(39)46(59)42(26(3)4)55-48(61)63-6/h12-13,15-18,22-27,31,38-39,41-42H,7-11,14,19-21H2,1-6H3,(H,50,53)(H,51,52)(H,54,60)(H,55,61)/t27?,31?,38-,39-,41-,42-/m0/s1. The minimum Gasteiger partial charge on any atom is -0.453 e. The molecule has 6 atom stereocenters. The third kappa shape index (κ3) is 7.79. The number of hydrogen-bond donors (Lipinski definition) is 4. The number of nitrogens with one attached hydrogen (secondary N) is 4. The van der Waals surface area contributed by atoms with E-state index in [9.17, 15) is 19.2 Å². The molecule has 63 heavy (non-hydrogen) atoms. The lowest BCUT2D eigenvalue weighted by molar-refractivity contribution is -0.136. The van der Waals surface area contributed by atoms with Gasteiger partial charge in [-0.25, -0.2) is 19.6 Å². The number of fused-ring (bicyclic) bond motifs is 4. The molecule has 3 fully saturated rings. The first-order chi connectivity index (χ1) is 30.4. The summed E-state index contributed by atoms with van der Waals surface area (Å²) in [5, 5.41) is 5.45. The van der Waals surface area contributed by atoms with E-state index < -0.39 is 24.3 Å². The Morgan fingerprint density at radius 3 is 1.94 bits per heavy atom. The molecular weight excluding hydrogens is 799 g/mol. The van der Waals surface area contributed by atoms with Crippen molar-refractivity contribution < 1.29 is 28.7 Å². The van der Waals surface area contributed by atoms with E-state index in [1.165, 1.54) is 49.3 Å². The number of benzene rings is 2. The first-order valence-electron chi connectivity index (χ1n) is 22.4. The second-order valence-corrected chi connectivity index (χ2v) is 18.3. The van der Waals surface area contributed by atoms with Gasteiger partial charge in [0, 0.05) is 30.4 Å². The molecule has 15 heteroatoms. The van der Waals surface area contributed by atoms with E-state index in [0.717, 1.165) is 77.3 Å². The lowest BCUT2D eigenvalue weighted by atomic mass is 9.73. The van der Waals surface area contributed by atoms with Crippen molar-refractivity contribution in [1.29, 1.82) is 0 Å². The van der Waals surface area contributed by atoms with E-state index >= 15 is 0 Å². The van der Waals surface area contributed by atoms with Gasteiger partial charge in [0.25, 0.3) is 0 Å². The molecule has 15 nitrogen and oxygen atoms in total. The van der Waals surface area contributed by atoms with Gasteiger partial charge in [0.05, 0.1) is 54.9 Å². The van der Waals surface area contributed by atoms with Gasteiger partial charge >= 0.3 is 12.2 Å². The van der Waals surface area contributed by atoms with Crippen LogP contribution in [0.3, 0.4) is 0 Å². The zero-order chi connectivity index (χ0) is 44.1. The van der Waals surface area contributed by atoms with E-state index in [1.54, 1.807) is 6.20 Å². The van der Waals surface area contributed by atoms with Crippen LogP contribution < -0.4 is 10.6 Å². The largest absolute Gasteiger partial charge is 0.453 e. The van der Waals surface area contributed by atoms with Crippen LogP contribution in [0.5, 0.6) is 0 Å². The minimum atomic E-state index is -0.695. The summed E-state index contributed by atoms with van der Waals surface area (Å²) in [6.07, 6.45) is 9.16. The Bertz CT molecular complexity index is 2550. The van der Waals surface area contributed by atoms with E-state index in [0.29, 0.717) is 24.9 Å². The normalized spacial score (nSPS) is 21.3. The minimum absolute atomic E-state index is 0.108. The van der Waals surface area contributed by atoms with Gasteiger partial charge in [-0.1, -0.05) is 45.9 Å². The maximum absolute atomic E-state index is 13.8. The van der Waals surface area contributed by atoms with E-state index in [2.05, 4.69) is 63.1 Å². The summed E-state index contributed by atoms with van der Waals surface area (Å²) in [7, 11) is 2.60. The number of methoxy groups -OCH3 is 2. The molecule has 3 aromatic heterocycles. The molecule has 2 aliphatic carbocycles. The van der Waals surface area contributed by atoms with Crippen LogP contribution >= 0.6 is 0 Å². The molecule has 330 valence electrons. The van der Waals surface area contributed by atoms with Crippen molar-refractivity contribution >= 4 is 35.0 Å². The average molecular weight is 856 g/mol. The lowest BCUT2D eigenvalue weighted by Crippen LogP contribution is -2.51. The molecule has 2 aliphatic heterocycles. The van der Waals surface area contributed by atoms with Crippen molar-refractivity contribution in [2.24, 2.45) is 17.8 Å². The first kappa shape index (κ1) is 42.1. The molecule has 4 aliphatic rings. The monoisotopic (exact) mass is 855 g/mol. The Balaban J connectivity index is 0.946. The lowest BCUT2D eigenvalue weighted by Gasteiger charge is -2.31. The van der Waals surface area contributed by atoms with Crippen LogP contribution in [0.4, 0.5) is 9.59 Å². The van der Waals surface area contributed by atoms with Crippen LogP contribution in [-0.4, -0.2) is 98.1 Å². The number of pyridine rings is 1. The number of imidazole rings is 2. The van der Waals surface area contributed by atoms with Crippen molar-refractivity contribution in [2.45, 2.75) is 103 Å². The van der Waals surface area contributed by atoms with E-state index in [1.807, 2.05) is 43.7 Å². The fourth-order valence-corrected chi connectivity index (χ4v) is 10.4. The fraction of sp³-hybridized carbons (Fsp3) is 0.479. The maximum Gasteiger partial charge on any atom is 0.407 e. The number of alkyl carbamates (subject to hydrolysis) is 2. The van der Waals surface area contributed by atoms with Crippen LogP contribution in [0, 0.1) is 17.8 Å². The van der Waals surface area contributed by atoms with Crippen molar-refractivity contribution in [2.75, 3.05) is 27.3 Å². The highest BCUT2D eigenvalue weighted by Gasteiger charge is 2.43. The van der Waals surface area contributed by atoms with Gasteiger partial charge in [-0.2, -0.15) is 0 Å². The Morgan fingerprint density at radius 1 is 0.714 bits per heavy atom. The molecule has 4 amide bonds. The molecule has 9 rings (SSSR count). The zero-order valence-electron chi connectivity index (χ0n) is 36.9. The number of likely N-dealkylation sites (tertiary alicyclic amines) is 2. The zero-order valence-corrected chi connectivity index (χ0v) is 36.9. The molecule has 0 spiro atoms. The number of nitrogens with zero attached hydrogens (tertiary/aromatic N) is 5. The SMILES string of the molecule is COC(=O)N[C@H](C(=O)N1CCC[C@H]1c1ncc(-c2ccc(-c3ccc(-c4ccc5nc([C@@H]6CCCN6C(=O)[C@@H](NC(=O)OC)C(C)C)[nH]c5c4)c4c3C3CCC3C4)nc2)[nH]1)C(C)C. The van der Waals surface area contributed by atoms with Gasteiger partial charge < -0.3 is 39.9 Å². The number of ether oxygens (including phenoxy) is 2. The molecule has 1 saturated carbocycles. The van der Waals surface area contributed by atoms with Crippen LogP contribution in [0.1, 0.15) is 107 Å². The summed E-state index contributed by atoms with van der Waals surface area (Å²) in [6.45, 7) is 8.84. The predicted molar refractivity (Wildman–Crippen MR) is 237 cm³/mol. The highest BCUT2D eigenvalue weighted by molar-refractivity contribution is 5.88. The number of hydrogen-bond acceptors (Lipinski definition) is 9. The van der Waals surface area contributed by atoms with E-state index in [4.69, 9.17) is 24.4 Å². The van der Waals surface area contributed by atoms with E-state index in [-0.39, 0.29) is 35.7 Å². The molecule has 5 heterocycles. The topological polar surface area (TPSA) is 188 Å². The summed E-state index contributed by atoms with van der Waals surface area (Å²) in [4.78, 5) is 77.0. The smallest absolute Gasteiger partial charge is 0.407 e. The number of rotatable bonds is 11. The number of amides is 4. The van der Waals surface area contributed by atoms with Crippen LogP contribution in [0.2, 0.25) is 0 Å². The van der Waals surface area contributed by atoms with Gasteiger partial charge in [-0.05, 0) is 115 Å². The molecule has 2 saturated heterocycles. The second kappa shape index (κ2) is 17.1. The molecular formula is C48H57N9O6. The van der Waals surface area contributed by atoms with Crippen molar-refractivity contribution in [1.82, 2.24) is 45.4 Å². The fourth-order valence-electron chi connectivity index (χ4n) is 10.4. The average Bonchev–Trinajstić information content (AvgIpc) is 4.13. The second-order valence-electron chi connectivity index (χ2n) is 18.3. The van der Waals surface area contributed by atoms with Crippen LogP contribution in [0.25, 0.3) is 44.7 Å². The molecule has 2 unspecified atom stereocenters. The van der Waals surface area contributed by atoms with Crippen LogP contribution in [0.15, 0.2) is 54.9 Å². The van der Waals surface area contributed by atoms with Crippen molar-refractivity contribution in [3.05, 3.63) is 77.6 Å². The number of carbonyl (C=O) groups excluding carboxylic acids is 4. The number of aromatic amines is 2. The predicted octanol–water partition coefficient (Wildman–Crippen LogP) is 7.82. The Morgan fingerprint density at radius 2 is 1.35 bits per heavy atom. The van der Waals surface area contributed by atoms with Crippen molar-refractivity contribution in [3.8, 4) is 33.6 Å². The third-order valence-corrected chi connectivity index (χ3v) is 13.9. The number of aromatic nitrogens is 5. The molecule has 2 aromatic carbocycles. The summed E-state index contributed by atoms with van der Waals surface area (Å²) in [6, 6.07) is 13.2. The quantitative estimate of drug-likeness (QED) is 0.103. The van der Waals surface area contributed by atoms with Gasteiger partial charge in [-0.3, -0.25) is 14.6 Å². The third-order valence-electron chi connectivity index (χ3n) is 13.9. The molecule has 4 N–H and O–H groups in total. The maximum atomic E-state index is 13.8. The summed E-state index contributed by atoms with van der Waals surface area (Å²) < 4.78 is 9.60. The first-order valence-corrected chi connectivity index (χ1v) is 22.4. The van der Waals surface area contributed by atoms with Gasteiger partial charge in [0.2, 0.25) is 11.8 Å². The van der Waals surface area contributed by atoms with Gasteiger partial charge in [-0.15, -0.1) is 0 Å². The summed E-state index contributed by atoms with van der Waals surface area (Å²) in [5.41, 5.74) is 10.8. The Kier molecular flexibility index (Phi) is 11.4. The number of H-pyrrole nitrogens is 2. The molecule has 0 bridgehead atoms.